The molecule has 2 saturated heterocycles. The van der Waals surface area contributed by atoms with E-state index in [4.69, 9.17) is 0 Å². The second-order valence-electron chi connectivity index (χ2n) is 6.43. The van der Waals surface area contributed by atoms with Crippen molar-refractivity contribution >= 4 is 5.91 Å². The van der Waals surface area contributed by atoms with Crippen LogP contribution in [0.3, 0.4) is 0 Å². The van der Waals surface area contributed by atoms with Gasteiger partial charge >= 0.3 is 0 Å². The van der Waals surface area contributed by atoms with Crippen LogP contribution in [-0.4, -0.2) is 53.0 Å². The first-order valence-corrected chi connectivity index (χ1v) is 8.19. The molecular weight excluding hydrogens is 302 g/mol. The summed E-state index contributed by atoms with van der Waals surface area (Å²) < 4.78 is 26.7. The largest absolute Gasteiger partial charge is 0.387 e. The summed E-state index contributed by atoms with van der Waals surface area (Å²) in [5, 5.41) is 10.3. The number of aliphatic hydroxyl groups is 1. The smallest absolute Gasteiger partial charge is 0.222 e. The molecule has 0 bridgehead atoms. The van der Waals surface area contributed by atoms with E-state index in [2.05, 4.69) is 4.90 Å². The van der Waals surface area contributed by atoms with E-state index in [0.717, 1.165) is 44.5 Å². The van der Waals surface area contributed by atoms with Crippen LogP contribution in [0.25, 0.3) is 0 Å². The molecule has 23 heavy (non-hydrogen) atoms. The Kier molecular flexibility index (Phi) is 4.92. The highest BCUT2D eigenvalue weighted by atomic mass is 19.1. The van der Waals surface area contributed by atoms with Crippen molar-refractivity contribution in [1.82, 2.24) is 9.80 Å². The van der Waals surface area contributed by atoms with E-state index in [1.54, 1.807) is 0 Å². The van der Waals surface area contributed by atoms with E-state index in [-0.39, 0.29) is 17.5 Å². The van der Waals surface area contributed by atoms with Crippen molar-refractivity contribution < 1.29 is 18.7 Å². The molecule has 2 aliphatic heterocycles. The Morgan fingerprint density at radius 1 is 1.26 bits per heavy atom. The highest BCUT2D eigenvalue weighted by Crippen LogP contribution is 2.24. The summed E-state index contributed by atoms with van der Waals surface area (Å²) in [6.45, 7) is 2.62. The van der Waals surface area contributed by atoms with Crippen LogP contribution in [-0.2, 0) is 4.79 Å². The summed E-state index contributed by atoms with van der Waals surface area (Å²) in [6, 6.07) is 3.43. The van der Waals surface area contributed by atoms with Gasteiger partial charge in [-0.05, 0) is 31.9 Å². The molecule has 2 aliphatic rings. The summed E-state index contributed by atoms with van der Waals surface area (Å²) in [5.41, 5.74) is 0.116. The maximum atomic E-state index is 13.8. The molecule has 1 amide bonds. The molecule has 4 nitrogen and oxygen atoms in total. The first-order chi connectivity index (χ1) is 11.0. The zero-order valence-electron chi connectivity index (χ0n) is 13.0. The Balaban J connectivity index is 1.61. The number of rotatable bonds is 4. The Labute approximate surface area is 134 Å². The predicted octanol–water partition coefficient (Wildman–Crippen LogP) is 2.08. The number of halogens is 2. The molecule has 2 unspecified atom stereocenters. The van der Waals surface area contributed by atoms with Crippen molar-refractivity contribution in [3.8, 4) is 0 Å². The zero-order chi connectivity index (χ0) is 16.4. The fourth-order valence-corrected chi connectivity index (χ4v) is 3.62. The Bertz CT molecular complexity index is 582. The van der Waals surface area contributed by atoms with Gasteiger partial charge in [0.15, 0.2) is 0 Å². The van der Waals surface area contributed by atoms with Crippen LogP contribution in [0, 0.1) is 11.6 Å². The summed E-state index contributed by atoms with van der Waals surface area (Å²) >= 11 is 0. The molecular formula is C17H22F2N2O2. The number of carbonyl (C=O) groups is 1. The summed E-state index contributed by atoms with van der Waals surface area (Å²) in [7, 11) is 0. The van der Waals surface area contributed by atoms with Crippen LogP contribution in [0.15, 0.2) is 18.2 Å². The minimum atomic E-state index is -0.997. The molecule has 0 aromatic heterocycles. The molecule has 1 aromatic carbocycles. The number of hydrogen-bond donors (Lipinski definition) is 1. The van der Waals surface area contributed by atoms with Crippen molar-refractivity contribution in [2.75, 3.05) is 26.2 Å². The van der Waals surface area contributed by atoms with Gasteiger partial charge in [-0.15, -0.1) is 0 Å². The van der Waals surface area contributed by atoms with Gasteiger partial charge in [0, 0.05) is 43.7 Å². The van der Waals surface area contributed by atoms with Gasteiger partial charge in [0.05, 0.1) is 6.10 Å². The van der Waals surface area contributed by atoms with Crippen LogP contribution >= 0.6 is 0 Å². The Morgan fingerprint density at radius 2 is 2.09 bits per heavy atom. The van der Waals surface area contributed by atoms with Crippen molar-refractivity contribution in [3.05, 3.63) is 35.4 Å². The molecule has 1 aromatic rings. The Hall–Kier alpha value is -1.53. The summed E-state index contributed by atoms with van der Waals surface area (Å²) in [5.74, 6) is -1.16. The van der Waals surface area contributed by atoms with E-state index < -0.39 is 17.7 Å². The minimum Gasteiger partial charge on any atom is -0.387 e. The molecule has 0 aliphatic carbocycles. The molecule has 6 heteroatoms. The van der Waals surface area contributed by atoms with Gasteiger partial charge in [0.1, 0.15) is 11.6 Å². The molecule has 2 fully saturated rings. The van der Waals surface area contributed by atoms with Gasteiger partial charge < -0.3 is 10.0 Å². The van der Waals surface area contributed by atoms with Gasteiger partial charge in [-0.3, -0.25) is 9.69 Å². The average molecular weight is 324 g/mol. The number of hydrogen-bond acceptors (Lipinski definition) is 3. The van der Waals surface area contributed by atoms with Crippen molar-refractivity contribution in [3.63, 3.8) is 0 Å². The first-order valence-electron chi connectivity index (χ1n) is 8.19. The van der Waals surface area contributed by atoms with E-state index in [1.807, 2.05) is 4.90 Å². The molecule has 0 spiro atoms. The lowest BCUT2D eigenvalue weighted by Gasteiger charge is -2.38. The van der Waals surface area contributed by atoms with E-state index in [0.29, 0.717) is 19.5 Å². The quantitative estimate of drug-likeness (QED) is 0.922. The first kappa shape index (κ1) is 16.3. The van der Waals surface area contributed by atoms with Crippen molar-refractivity contribution in [1.29, 1.82) is 0 Å². The Morgan fingerprint density at radius 3 is 2.78 bits per heavy atom. The van der Waals surface area contributed by atoms with E-state index in [1.165, 1.54) is 6.07 Å². The maximum absolute atomic E-state index is 13.8. The summed E-state index contributed by atoms with van der Waals surface area (Å²) in [6.07, 6.45) is 2.47. The normalized spacial score (nSPS) is 24.2. The van der Waals surface area contributed by atoms with E-state index >= 15 is 0 Å². The van der Waals surface area contributed by atoms with Crippen molar-refractivity contribution in [2.24, 2.45) is 0 Å². The molecule has 1 N–H and O–H groups in total. The number of piperidine rings is 1. The lowest BCUT2D eigenvalue weighted by molar-refractivity contribution is -0.130. The lowest BCUT2D eigenvalue weighted by Crippen LogP contribution is -2.49. The van der Waals surface area contributed by atoms with Gasteiger partial charge in [0.2, 0.25) is 5.91 Å². The number of nitrogens with zero attached hydrogens (tertiary/aromatic N) is 2. The van der Waals surface area contributed by atoms with Gasteiger partial charge in [-0.1, -0.05) is 6.07 Å². The topological polar surface area (TPSA) is 43.8 Å². The highest BCUT2D eigenvalue weighted by Gasteiger charge is 2.32. The van der Waals surface area contributed by atoms with Gasteiger partial charge in [-0.2, -0.15) is 0 Å². The predicted molar refractivity (Wildman–Crippen MR) is 81.7 cm³/mol. The second-order valence-corrected chi connectivity index (χ2v) is 6.43. The van der Waals surface area contributed by atoms with Crippen LogP contribution in [0.2, 0.25) is 0 Å². The standard InChI is InChI=1S/C17H22F2N2O2/c18-12-5-6-14(15(19)9-12)16(22)11-20-7-1-3-13(10-20)21-8-2-4-17(21)23/h5-6,9,13,16,22H,1-4,7-8,10-11H2. The van der Waals surface area contributed by atoms with Gasteiger partial charge in [-0.25, -0.2) is 8.78 Å². The summed E-state index contributed by atoms with van der Waals surface area (Å²) in [4.78, 5) is 15.9. The second kappa shape index (κ2) is 6.93. The molecule has 0 saturated carbocycles. The number of β-amino-alcohol motifs (C(OH)–C–C–N with tert-alkyl or cyclic N) is 1. The van der Waals surface area contributed by atoms with Crippen molar-refractivity contribution in [2.45, 2.75) is 37.8 Å². The maximum Gasteiger partial charge on any atom is 0.222 e. The zero-order valence-corrected chi connectivity index (χ0v) is 13.0. The number of amides is 1. The average Bonchev–Trinajstić information content (AvgIpc) is 2.93. The van der Waals surface area contributed by atoms with Crippen LogP contribution in [0.1, 0.15) is 37.4 Å². The van der Waals surface area contributed by atoms with Crippen LogP contribution in [0.5, 0.6) is 0 Å². The number of aliphatic hydroxyl groups excluding tert-OH is 1. The molecule has 126 valence electrons. The SMILES string of the molecule is O=C1CCCN1C1CCCN(CC(O)c2ccc(F)cc2F)C1. The minimum absolute atomic E-state index is 0.116. The fourth-order valence-electron chi connectivity index (χ4n) is 3.62. The van der Waals surface area contributed by atoms with Gasteiger partial charge in [0.25, 0.3) is 0 Å². The van der Waals surface area contributed by atoms with Crippen LogP contribution < -0.4 is 0 Å². The number of carbonyl (C=O) groups excluding carboxylic acids is 1. The van der Waals surface area contributed by atoms with Crippen LogP contribution in [0.4, 0.5) is 8.78 Å². The molecule has 2 atom stereocenters. The lowest BCUT2D eigenvalue weighted by atomic mass is 10.0. The van der Waals surface area contributed by atoms with E-state index in [9.17, 15) is 18.7 Å². The fraction of sp³-hybridized carbons (Fsp3) is 0.588. The third kappa shape index (κ3) is 3.70. The molecule has 0 radical (unpaired) electrons. The third-order valence-electron chi connectivity index (χ3n) is 4.78. The number of benzene rings is 1. The highest BCUT2D eigenvalue weighted by molar-refractivity contribution is 5.78. The third-order valence-corrected chi connectivity index (χ3v) is 4.78. The number of likely N-dealkylation sites (tertiary alicyclic amines) is 2. The monoisotopic (exact) mass is 324 g/mol. The molecule has 3 rings (SSSR count). The molecule has 2 heterocycles.